The fourth-order valence-electron chi connectivity index (χ4n) is 3.96. The van der Waals surface area contributed by atoms with Gasteiger partial charge >= 0.3 is 0 Å². The van der Waals surface area contributed by atoms with Crippen LogP contribution in [0.15, 0.2) is 41.4 Å². The molecule has 0 radical (unpaired) electrons. The van der Waals surface area contributed by atoms with E-state index in [0.29, 0.717) is 12.1 Å². The minimum absolute atomic E-state index is 0.112. The van der Waals surface area contributed by atoms with E-state index in [1.807, 2.05) is 42.3 Å². The highest BCUT2D eigenvalue weighted by Crippen LogP contribution is 2.26. The van der Waals surface area contributed by atoms with Gasteiger partial charge in [-0.15, -0.1) is 6.58 Å². The average Bonchev–Trinajstić information content (AvgIpc) is 2.73. The normalized spacial score (nSPS) is 19.3. The molecule has 4 nitrogen and oxygen atoms in total. The first-order valence-electron chi connectivity index (χ1n) is 10.9. The molecule has 0 bridgehead atoms. The second-order valence-electron chi connectivity index (χ2n) is 8.19. The molecule has 1 fully saturated rings. The zero-order valence-corrected chi connectivity index (χ0v) is 19.7. The van der Waals surface area contributed by atoms with Crippen LogP contribution in [-0.2, 0) is 4.74 Å². The first-order chi connectivity index (χ1) is 14.0. The van der Waals surface area contributed by atoms with Gasteiger partial charge in [0, 0.05) is 36.3 Å². The SMILES string of the molecule is C=CCN(C)CCCCCCO[C@H]1CC[C@H](N(C)C(=O)c2ccc(Br)cc2)CC1. The van der Waals surface area contributed by atoms with Crippen molar-refractivity contribution in [3.8, 4) is 0 Å². The number of benzene rings is 1. The molecule has 2 rings (SSSR count). The van der Waals surface area contributed by atoms with Gasteiger partial charge in [-0.1, -0.05) is 34.8 Å². The van der Waals surface area contributed by atoms with Gasteiger partial charge in [-0.05, 0) is 76.4 Å². The Bertz CT molecular complexity index is 612. The lowest BCUT2D eigenvalue weighted by molar-refractivity contribution is 0.00908. The highest BCUT2D eigenvalue weighted by atomic mass is 79.9. The van der Waals surface area contributed by atoms with E-state index in [4.69, 9.17) is 4.74 Å². The van der Waals surface area contributed by atoms with Crippen molar-refractivity contribution in [2.75, 3.05) is 33.8 Å². The molecule has 162 valence electrons. The quantitative estimate of drug-likeness (QED) is 0.301. The summed E-state index contributed by atoms with van der Waals surface area (Å²) in [6.45, 7) is 6.75. The van der Waals surface area contributed by atoms with Gasteiger partial charge in [0.05, 0.1) is 6.10 Å². The molecule has 0 unspecified atom stereocenters. The average molecular weight is 465 g/mol. The van der Waals surface area contributed by atoms with Crippen LogP contribution >= 0.6 is 15.9 Å². The van der Waals surface area contributed by atoms with Gasteiger partial charge in [0.25, 0.3) is 5.91 Å². The van der Waals surface area contributed by atoms with Crippen LogP contribution in [0.1, 0.15) is 61.7 Å². The summed E-state index contributed by atoms with van der Waals surface area (Å²) >= 11 is 3.42. The van der Waals surface area contributed by atoms with Crippen molar-refractivity contribution in [2.45, 2.75) is 63.5 Å². The lowest BCUT2D eigenvalue weighted by Gasteiger charge is -2.34. The molecule has 0 aliphatic heterocycles. The number of unbranched alkanes of at least 4 members (excludes halogenated alkanes) is 3. The molecular formula is C24H37BrN2O2. The van der Waals surface area contributed by atoms with Crippen molar-refractivity contribution in [3.63, 3.8) is 0 Å². The Morgan fingerprint density at radius 2 is 1.76 bits per heavy atom. The maximum atomic E-state index is 12.7. The third-order valence-electron chi connectivity index (χ3n) is 5.83. The van der Waals surface area contributed by atoms with E-state index in [2.05, 4.69) is 34.5 Å². The van der Waals surface area contributed by atoms with Gasteiger partial charge in [0.1, 0.15) is 0 Å². The van der Waals surface area contributed by atoms with Crippen LogP contribution in [0.2, 0.25) is 0 Å². The molecule has 0 saturated heterocycles. The molecule has 1 amide bonds. The number of carbonyl (C=O) groups is 1. The molecule has 0 N–H and O–H groups in total. The van der Waals surface area contributed by atoms with Gasteiger partial charge < -0.3 is 14.5 Å². The second kappa shape index (κ2) is 13.2. The molecule has 29 heavy (non-hydrogen) atoms. The molecule has 1 aromatic carbocycles. The van der Waals surface area contributed by atoms with Gasteiger partial charge in [-0.25, -0.2) is 0 Å². The van der Waals surface area contributed by atoms with Crippen molar-refractivity contribution in [3.05, 3.63) is 47.0 Å². The summed E-state index contributed by atoms with van der Waals surface area (Å²) in [7, 11) is 4.08. The van der Waals surface area contributed by atoms with Crippen LogP contribution in [-0.4, -0.2) is 61.6 Å². The fourth-order valence-corrected chi connectivity index (χ4v) is 4.22. The van der Waals surface area contributed by atoms with Crippen molar-refractivity contribution in [2.24, 2.45) is 0 Å². The minimum atomic E-state index is 0.112. The molecule has 0 heterocycles. The van der Waals surface area contributed by atoms with Crippen LogP contribution in [0.5, 0.6) is 0 Å². The Morgan fingerprint density at radius 3 is 2.41 bits per heavy atom. The smallest absolute Gasteiger partial charge is 0.253 e. The molecule has 5 heteroatoms. The molecule has 1 aliphatic carbocycles. The highest BCUT2D eigenvalue weighted by Gasteiger charge is 2.27. The molecule has 0 atom stereocenters. The first kappa shape index (κ1) is 24.1. The third kappa shape index (κ3) is 8.61. The van der Waals surface area contributed by atoms with Crippen molar-refractivity contribution in [1.82, 2.24) is 9.80 Å². The van der Waals surface area contributed by atoms with Crippen LogP contribution in [0, 0.1) is 0 Å². The number of hydrogen-bond acceptors (Lipinski definition) is 3. The van der Waals surface area contributed by atoms with E-state index >= 15 is 0 Å². The lowest BCUT2D eigenvalue weighted by atomic mass is 9.91. The highest BCUT2D eigenvalue weighted by molar-refractivity contribution is 9.10. The number of ether oxygens (including phenoxy) is 1. The number of carbonyl (C=O) groups excluding carboxylic acids is 1. The summed E-state index contributed by atoms with van der Waals surface area (Å²) in [5.41, 5.74) is 0.754. The van der Waals surface area contributed by atoms with E-state index < -0.39 is 0 Å². The summed E-state index contributed by atoms with van der Waals surface area (Å²) in [6.07, 6.45) is 11.4. The van der Waals surface area contributed by atoms with E-state index in [-0.39, 0.29) is 5.91 Å². The Hall–Kier alpha value is -1.17. The molecule has 0 spiro atoms. The standard InChI is InChI=1S/C24H37BrN2O2/c1-4-17-26(2)18-7-5-6-8-19-29-23-15-13-22(14-16-23)27(3)24(28)20-9-11-21(25)12-10-20/h4,9-12,22-23H,1,5-8,13-19H2,2-3H3/t22-,23-. The zero-order chi connectivity index (χ0) is 21.1. The Morgan fingerprint density at radius 1 is 1.10 bits per heavy atom. The number of amides is 1. The minimum Gasteiger partial charge on any atom is -0.378 e. The molecular weight excluding hydrogens is 428 g/mol. The number of nitrogens with zero attached hydrogens (tertiary/aromatic N) is 2. The molecule has 1 saturated carbocycles. The summed E-state index contributed by atoms with van der Waals surface area (Å²) in [4.78, 5) is 16.9. The monoisotopic (exact) mass is 464 g/mol. The predicted molar refractivity (Wildman–Crippen MR) is 124 cm³/mol. The van der Waals surface area contributed by atoms with E-state index in [9.17, 15) is 4.79 Å². The number of likely N-dealkylation sites (N-methyl/N-ethyl adjacent to an activating group) is 1. The topological polar surface area (TPSA) is 32.8 Å². The molecule has 1 aromatic rings. The number of halogens is 1. The van der Waals surface area contributed by atoms with Crippen LogP contribution in [0.25, 0.3) is 0 Å². The Balaban J connectivity index is 1.57. The summed E-state index contributed by atoms with van der Waals surface area (Å²) < 4.78 is 7.10. The van der Waals surface area contributed by atoms with Crippen LogP contribution in [0.4, 0.5) is 0 Å². The van der Waals surface area contributed by atoms with Gasteiger partial charge in [-0.3, -0.25) is 4.79 Å². The number of rotatable bonds is 12. The van der Waals surface area contributed by atoms with Crippen molar-refractivity contribution < 1.29 is 9.53 Å². The van der Waals surface area contributed by atoms with Gasteiger partial charge in [0.15, 0.2) is 0 Å². The summed E-state index contributed by atoms with van der Waals surface area (Å²) in [6, 6.07) is 7.93. The van der Waals surface area contributed by atoms with E-state index in [1.165, 1.54) is 19.3 Å². The summed E-state index contributed by atoms with van der Waals surface area (Å²) in [5.74, 6) is 0.112. The van der Waals surface area contributed by atoms with E-state index in [0.717, 1.165) is 61.8 Å². The maximum Gasteiger partial charge on any atom is 0.253 e. The zero-order valence-electron chi connectivity index (χ0n) is 18.1. The van der Waals surface area contributed by atoms with Crippen LogP contribution < -0.4 is 0 Å². The third-order valence-corrected chi connectivity index (χ3v) is 6.36. The van der Waals surface area contributed by atoms with Gasteiger partial charge in [-0.2, -0.15) is 0 Å². The van der Waals surface area contributed by atoms with Crippen molar-refractivity contribution >= 4 is 21.8 Å². The Kier molecular flexibility index (Phi) is 11.0. The molecule has 1 aliphatic rings. The maximum absolute atomic E-state index is 12.7. The van der Waals surface area contributed by atoms with Crippen molar-refractivity contribution in [1.29, 1.82) is 0 Å². The predicted octanol–water partition coefficient (Wildman–Crippen LogP) is 5.53. The summed E-state index contributed by atoms with van der Waals surface area (Å²) in [5, 5.41) is 0. The largest absolute Gasteiger partial charge is 0.378 e. The second-order valence-corrected chi connectivity index (χ2v) is 9.11. The number of hydrogen-bond donors (Lipinski definition) is 0. The van der Waals surface area contributed by atoms with Gasteiger partial charge in [0.2, 0.25) is 0 Å². The fraction of sp³-hybridized carbons (Fsp3) is 0.625. The first-order valence-corrected chi connectivity index (χ1v) is 11.7. The molecule has 0 aromatic heterocycles. The lowest BCUT2D eigenvalue weighted by Crippen LogP contribution is -2.40. The Labute approximate surface area is 185 Å². The van der Waals surface area contributed by atoms with Crippen LogP contribution in [0.3, 0.4) is 0 Å². The van der Waals surface area contributed by atoms with E-state index in [1.54, 1.807) is 0 Å².